The minimum absolute atomic E-state index is 0.0771. The number of halogens is 1. The number of nitrogens with zero attached hydrogens (tertiary/aromatic N) is 8. The molecule has 16 nitrogen and oxygen atoms in total. The SMILES string of the molecule is CNC(=O)COc1cc2cc(Nc3nc(N4CCC(CN5CCC(c6ccc7c(C8CCC(=O)NC8O)nn(C)c7c6F)CC5)CC4)ncc3C)cnc2n(C(C)C)c1=O. The maximum absolute atomic E-state index is 16.2. The van der Waals surface area contributed by atoms with Crippen LogP contribution in [0.4, 0.5) is 21.8 Å². The minimum atomic E-state index is -1.04. The lowest BCUT2D eigenvalue weighted by atomic mass is 9.86. The second kappa shape index (κ2) is 17.1. The van der Waals surface area contributed by atoms with Gasteiger partial charge in [0.2, 0.25) is 11.9 Å². The van der Waals surface area contributed by atoms with Crippen molar-refractivity contribution in [1.82, 2.24) is 44.8 Å². The van der Waals surface area contributed by atoms with Crippen LogP contribution < -0.4 is 31.1 Å². The van der Waals surface area contributed by atoms with Gasteiger partial charge >= 0.3 is 0 Å². The quantitative estimate of drug-likeness (QED) is 0.148. The highest BCUT2D eigenvalue weighted by atomic mass is 19.1. The number of aliphatic hydroxyl groups excluding tert-OH is 1. The van der Waals surface area contributed by atoms with E-state index in [9.17, 15) is 19.5 Å². The second-order valence-electron chi connectivity index (χ2n) is 16.7. The smallest absolute Gasteiger partial charge is 0.294 e. The molecule has 3 aliphatic rings. The van der Waals surface area contributed by atoms with E-state index in [1.165, 1.54) is 7.05 Å². The molecule has 4 N–H and O–H groups in total. The molecule has 3 saturated heterocycles. The van der Waals surface area contributed by atoms with E-state index in [-0.39, 0.29) is 53.4 Å². The molecule has 0 spiro atoms. The Morgan fingerprint density at radius 3 is 2.53 bits per heavy atom. The maximum atomic E-state index is 16.2. The van der Waals surface area contributed by atoms with Crippen molar-refractivity contribution in [3.05, 3.63) is 69.7 Å². The summed E-state index contributed by atoms with van der Waals surface area (Å²) in [6.45, 7) is 9.99. The zero-order valence-corrected chi connectivity index (χ0v) is 34.9. The number of likely N-dealkylation sites (tertiary alicyclic amines) is 1. The number of rotatable bonds is 11. The number of anilines is 3. The number of aromatic nitrogens is 6. The molecule has 0 radical (unpaired) electrons. The Kier molecular flexibility index (Phi) is 11.7. The van der Waals surface area contributed by atoms with Crippen LogP contribution in [-0.2, 0) is 16.6 Å². The third kappa shape index (κ3) is 8.24. The van der Waals surface area contributed by atoms with Crippen LogP contribution in [0, 0.1) is 18.7 Å². The molecule has 17 heteroatoms. The van der Waals surface area contributed by atoms with Crippen molar-refractivity contribution in [1.29, 1.82) is 0 Å². The summed E-state index contributed by atoms with van der Waals surface area (Å²) >= 11 is 0. The molecule has 0 aliphatic carbocycles. The zero-order valence-electron chi connectivity index (χ0n) is 34.9. The van der Waals surface area contributed by atoms with E-state index in [0.29, 0.717) is 63.8 Å². The van der Waals surface area contributed by atoms with Crippen LogP contribution in [0.5, 0.6) is 5.75 Å². The average Bonchev–Trinajstić information content (AvgIpc) is 3.57. The Balaban J connectivity index is 0.871. The van der Waals surface area contributed by atoms with E-state index in [1.807, 2.05) is 45.2 Å². The molecule has 3 fully saturated rings. The highest BCUT2D eigenvalue weighted by molar-refractivity contribution is 5.85. The predicted molar refractivity (Wildman–Crippen MR) is 226 cm³/mol. The fourth-order valence-corrected chi connectivity index (χ4v) is 9.05. The Hall–Kier alpha value is -5.68. The fraction of sp³-hybridized carbons (Fsp3) is 0.512. The van der Waals surface area contributed by atoms with Gasteiger partial charge in [0.25, 0.3) is 11.5 Å². The summed E-state index contributed by atoms with van der Waals surface area (Å²) in [6.07, 6.45) is 7.04. The van der Waals surface area contributed by atoms with Crippen LogP contribution in [0.25, 0.3) is 21.9 Å². The van der Waals surface area contributed by atoms with Gasteiger partial charge in [-0.1, -0.05) is 12.1 Å². The van der Waals surface area contributed by atoms with Crippen molar-refractivity contribution < 1.29 is 23.8 Å². The lowest BCUT2D eigenvalue weighted by molar-refractivity contribution is -0.127. The third-order valence-corrected chi connectivity index (χ3v) is 12.4. The van der Waals surface area contributed by atoms with Gasteiger partial charge in [-0.2, -0.15) is 10.1 Å². The molecule has 3 aliphatic heterocycles. The van der Waals surface area contributed by atoms with E-state index in [0.717, 1.165) is 69.5 Å². The lowest BCUT2D eigenvalue weighted by Crippen LogP contribution is -2.43. The maximum Gasteiger partial charge on any atom is 0.294 e. The number of ether oxygens (including phenoxy) is 1. The van der Waals surface area contributed by atoms with Crippen LogP contribution >= 0.6 is 0 Å². The van der Waals surface area contributed by atoms with Crippen LogP contribution in [0.1, 0.15) is 87.1 Å². The zero-order chi connectivity index (χ0) is 42.2. The van der Waals surface area contributed by atoms with E-state index >= 15 is 4.39 Å². The fourth-order valence-electron chi connectivity index (χ4n) is 9.05. The van der Waals surface area contributed by atoms with Crippen molar-refractivity contribution in [2.45, 2.75) is 83.4 Å². The van der Waals surface area contributed by atoms with Crippen molar-refractivity contribution in [2.75, 3.05) is 56.6 Å². The Labute approximate surface area is 347 Å². The summed E-state index contributed by atoms with van der Waals surface area (Å²) in [5, 5.41) is 25.0. The molecule has 5 aromatic rings. The summed E-state index contributed by atoms with van der Waals surface area (Å²) in [4.78, 5) is 55.8. The predicted octanol–water partition coefficient (Wildman–Crippen LogP) is 4.38. The molecular formula is C43H54FN11O5. The largest absolute Gasteiger partial charge is 0.478 e. The number of carbonyl (C=O) groups excluding carboxylic acids is 2. The number of aliphatic hydroxyl groups is 1. The van der Waals surface area contributed by atoms with Crippen LogP contribution in [0.3, 0.4) is 0 Å². The molecule has 0 saturated carbocycles. The van der Waals surface area contributed by atoms with Crippen molar-refractivity contribution in [2.24, 2.45) is 13.0 Å². The van der Waals surface area contributed by atoms with Gasteiger partial charge in [-0.05, 0) is 95.5 Å². The topological polar surface area (TPSA) is 185 Å². The van der Waals surface area contributed by atoms with E-state index in [1.54, 1.807) is 28.6 Å². The lowest BCUT2D eigenvalue weighted by Gasteiger charge is -2.38. The Morgan fingerprint density at radius 2 is 1.82 bits per heavy atom. The third-order valence-electron chi connectivity index (χ3n) is 12.4. The number of hydrogen-bond donors (Lipinski definition) is 4. The summed E-state index contributed by atoms with van der Waals surface area (Å²) in [6, 6.07) is 7.16. The molecule has 2 amide bonds. The van der Waals surface area contributed by atoms with Crippen LogP contribution in [-0.4, -0.2) is 104 Å². The number of aryl methyl sites for hydroxylation is 2. The van der Waals surface area contributed by atoms with Gasteiger partial charge in [0.05, 0.1) is 17.6 Å². The first-order valence-electron chi connectivity index (χ1n) is 21.0. The molecule has 0 bridgehead atoms. The molecule has 318 valence electrons. The van der Waals surface area contributed by atoms with Crippen LogP contribution in [0.2, 0.25) is 0 Å². The molecule has 8 rings (SSSR count). The number of amides is 2. The van der Waals surface area contributed by atoms with E-state index < -0.39 is 6.23 Å². The Morgan fingerprint density at radius 1 is 1.05 bits per heavy atom. The van der Waals surface area contributed by atoms with Gasteiger partial charge in [-0.3, -0.25) is 23.6 Å². The number of piperidine rings is 3. The van der Waals surface area contributed by atoms with Gasteiger partial charge in [-0.25, -0.2) is 14.4 Å². The summed E-state index contributed by atoms with van der Waals surface area (Å²) < 4.78 is 24.9. The summed E-state index contributed by atoms with van der Waals surface area (Å²) in [5.74, 6) is 0.926. The molecule has 2 atom stereocenters. The number of benzene rings is 1. The standard InChI is InChI=1S/C43H54FN11O5/c1-24(2)55-40-28(19-33(42(55)59)60-23-35(57)45-4)18-29(21-46-40)48-39-25(3)20-47-43(50-39)54-16-10-26(11-17-54)22-53-14-12-27(13-15-53)30-6-7-31-37(51-52(5)38(31)36(30)44)32-8-9-34(56)49-41(32)58/h6-7,18-21,24,26-27,32,41,58H,8-17,22-23H2,1-5H3,(H,45,57)(H,49,56)(H,47,48,50). The molecular weight excluding hydrogens is 770 g/mol. The van der Waals surface area contributed by atoms with Gasteiger partial charge in [0.15, 0.2) is 18.2 Å². The highest BCUT2D eigenvalue weighted by Gasteiger charge is 2.34. The highest BCUT2D eigenvalue weighted by Crippen LogP contribution is 2.38. The normalized spacial score (nSPS) is 19.6. The number of hydrogen-bond acceptors (Lipinski definition) is 12. The number of likely N-dealkylation sites (N-methyl/N-ethyl adjacent to an activating group) is 1. The first-order chi connectivity index (χ1) is 28.9. The van der Waals surface area contributed by atoms with Gasteiger partial charge in [-0.15, -0.1) is 0 Å². The van der Waals surface area contributed by atoms with E-state index in [2.05, 4.69) is 40.8 Å². The van der Waals surface area contributed by atoms with Gasteiger partial charge < -0.3 is 35.6 Å². The molecule has 2 unspecified atom stereocenters. The minimum Gasteiger partial charge on any atom is -0.478 e. The number of carbonyl (C=O) groups is 2. The second-order valence-corrected chi connectivity index (χ2v) is 16.7. The van der Waals surface area contributed by atoms with Crippen molar-refractivity contribution >= 4 is 51.2 Å². The first-order valence-corrected chi connectivity index (χ1v) is 21.0. The van der Waals surface area contributed by atoms with Crippen LogP contribution in [0.15, 0.2) is 41.5 Å². The monoisotopic (exact) mass is 823 g/mol. The van der Waals surface area contributed by atoms with E-state index in [4.69, 9.17) is 9.72 Å². The molecule has 1 aromatic carbocycles. The summed E-state index contributed by atoms with van der Waals surface area (Å²) in [7, 11) is 3.25. The molecule has 4 aromatic heterocycles. The number of pyridine rings is 2. The molecule has 7 heterocycles. The summed E-state index contributed by atoms with van der Waals surface area (Å²) in [5.41, 5.74) is 3.53. The number of nitrogens with one attached hydrogen (secondary N) is 3. The van der Waals surface area contributed by atoms with Crippen molar-refractivity contribution in [3.8, 4) is 5.75 Å². The molecule has 60 heavy (non-hydrogen) atoms. The van der Waals surface area contributed by atoms with Crippen molar-refractivity contribution in [3.63, 3.8) is 0 Å². The Bertz CT molecular complexity index is 2470. The van der Waals surface area contributed by atoms with Gasteiger partial charge in [0, 0.05) is 74.6 Å². The van der Waals surface area contributed by atoms with Gasteiger partial charge in [0.1, 0.15) is 23.2 Å². The first kappa shape index (κ1) is 41.1. The number of fused-ring (bicyclic) bond motifs is 2. The average molecular weight is 824 g/mol.